The highest BCUT2D eigenvalue weighted by molar-refractivity contribution is 5.96. The van der Waals surface area contributed by atoms with Gasteiger partial charge in [0.2, 0.25) is 5.91 Å². The molecule has 0 unspecified atom stereocenters. The van der Waals surface area contributed by atoms with Crippen LogP contribution in [-0.4, -0.2) is 19.0 Å². The van der Waals surface area contributed by atoms with Crippen LogP contribution in [0.25, 0.3) is 0 Å². The molecule has 0 radical (unpaired) electrons. The van der Waals surface area contributed by atoms with Gasteiger partial charge in [0, 0.05) is 19.5 Å². The van der Waals surface area contributed by atoms with Gasteiger partial charge in [-0.05, 0) is 30.9 Å². The number of fused-ring (bicyclic) bond motifs is 1. The minimum absolute atomic E-state index is 0.303. The number of nitrogens with zero attached hydrogens (tertiary/aromatic N) is 1. The molecule has 0 atom stereocenters. The van der Waals surface area contributed by atoms with E-state index >= 15 is 0 Å². The van der Waals surface area contributed by atoms with Crippen LogP contribution < -0.4 is 10.2 Å². The highest BCUT2D eigenvalue weighted by atomic mass is 16.2. The van der Waals surface area contributed by atoms with Gasteiger partial charge < -0.3 is 10.2 Å². The van der Waals surface area contributed by atoms with Crippen molar-refractivity contribution in [1.29, 1.82) is 0 Å². The fraction of sp³-hybridized carbons (Fsp3) is 0.611. The fourth-order valence-corrected chi connectivity index (χ4v) is 3.64. The van der Waals surface area contributed by atoms with Crippen LogP contribution in [0.15, 0.2) is 24.3 Å². The summed E-state index contributed by atoms with van der Waals surface area (Å²) < 4.78 is 0. The Bertz CT molecular complexity index is 480. The van der Waals surface area contributed by atoms with E-state index in [9.17, 15) is 4.79 Å². The average Bonchev–Trinajstić information content (AvgIpc) is 2.76. The third-order valence-electron chi connectivity index (χ3n) is 4.86. The topological polar surface area (TPSA) is 32.3 Å². The largest absolute Gasteiger partial charge is 0.383 e. The Morgan fingerprint density at radius 2 is 1.95 bits per heavy atom. The average molecular weight is 286 g/mol. The summed E-state index contributed by atoms with van der Waals surface area (Å²) in [4.78, 5) is 14.7. The van der Waals surface area contributed by atoms with Crippen LogP contribution in [-0.2, 0) is 4.79 Å². The molecule has 21 heavy (non-hydrogen) atoms. The third kappa shape index (κ3) is 3.58. The van der Waals surface area contributed by atoms with Gasteiger partial charge >= 0.3 is 0 Å². The monoisotopic (exact) mass is 286 g/mol. The van der Waals surface area contributed by atoms with E-state index in [1.807, 2.05) is 17.0 Å². The fourth-order valence-electron chi connectivity index (χ4n) is 3.64. The van der Waals surface area contributed by atoms with E-state index < -0.39 is 0 Å². The number of amides is 1. The molecule has 2 aliphatic rings. The van der Waals surface area contributed by atoms with Gasteiger partial charge in [-0.15, -0.1) is 0 Å². The van der Waals surface area contributed by atoms with Crippen molar-refractivity contribution in [2.24, 2.45) is 5.92 Å². The second-order valence-corrected chi connectivity index (χ2v) is 6.39. The molecule has 3 heteroatoms. The molecular weight excluding hydrogens is 260 g/mol. The number of para-hydroxylation sites is 2. The molecule has 1 aromatic carbocycles. The number of carbonyl (C=O) groups is 1. The maximum absolute atomic E-state index is 12.7. The summed E-state index contributed by atoms with van der Waals surface area (Å²) in [6.07, 6.45) is 9.55. The molecule has 1 amide bonds. The number of rotatable bonds is 3. The summed E-state index contributed by atoms with van der Waals surface area (Å²) in [5.74, 6) is 1.08. The lowest BCUT2D eigenvalue weighted by atomic mass is 9.86. The summed E-state index contributed by atoms with van der Waals surface area (Å²) >= 11 is 0. The van der Waals surface area contributed by atoms with Crippen LogP contribution in [0.5, 0.6) is 0 Å². The molecule has 1 aliphatic carbocycles. The van der Waals surface area contributed by atoms with Gasteiger partial charge in [0.25, 0.3) is 0 Å². The zero-order valence-corrected chi connectivity index (χ0v) is 12.8. The Hall–Kier alpha value is -1.51. The van der Waals surface area contributed by atoms with Gasteiger partial charge in [0.1, 0.15) is 0 Å². The van der Waals surface area contributed by atoms with E-state index in [0.717, 1.165) is 43.2 Å². The third-order valence-corrected chi connectivity index (χ3v) is 4.86. The summed E-state index contributed by atoms with van der Waals surface area (Å²) in [6.45, 7) is 1.79. The van der Waals surface area contributed by atoms with Crippen LogP contribution in [0.1, 0.15) is 51.4 Å². The van der Waals surface area contributed by atoms with Crippen molar-refractivity contribution < 1.29 is 4.79 Å². The summed E-state index contributed by atoms with van der Waals surface area (Å²) in [6, 6.07) is 8.18. The van der Waals surface area contributed by atoms with Crippen molar-refractivity contribution in [3.8, 4) is 0 Å². The zero-order chi connectivity index (χ0) is 14.5. The second kappa shape index (κ2) is 6.97. The van der Waals surface area contributed by atoms with Gasteiger partial charge in [-0.25, -0.2) is 0 Å². The van der Waals surface area contributed by atoms with Gasteiger partial charge in [0.15, 0.2) is 0 Å². The van der Waals surface area contributed by atoms with Gasteiger partial charge in [-0.1, -0.05) is 44.2 Å². The van der Waals surface area contributed by atoms with Gasteiger partial charge in [0.05, 0.1) is 11.4 Å². The molecule has 0 bridgehead atoms. The lowest BCUT2D eigenvalue weighted by Crippen LogP contribution is -2.31. The van der Waals surface area contributed by atoms with Crippen LogP contribution in [0, 0.1) is 5.92 Å². The van der Waals surface area contributed by atoms with Gasteiger partial charge in [-0.2, -0.15) is 0 Å². The van der Waals surface area contributed by atoms with Crippen molar-refractivity contribution in [3.63, 3.8) is 0 Å². The molecule has 3 rings (SSSR count). The molecule has 1 saturated carbocycles. The number of hydrogen-bond acceptors (Lipinski definition) is 2. The van der Waals surface area contributed by atoms with E-state index in [2.05, 4.69) is 17.4 Å². The first-order chi connectivity index (χ1) is 10.3. The zero-order valence-electron chi connectivity index (χ0n) is 12.8. The lowest BCUT2D eigenvalue weighted by molar-refractivity contribution is -0.119. The Labute approximate surface area is 127 Å². The van der Waals surface area contributed by atoms with Crippen molar-refractivity contribution in [3.05, 3.63) is 24.3 Å². The Kier molecular flexibility index (Phi) is 4.79. The Morgan fingerprint density at radius 1 is 1.14 bits per heavy atom. The number of hydrogen-bond donors (Lipinski definition) is 1. The van der Waals surface area contributed by atoms with Crippen molar-refractivity contribution >= 4 is 17.3 Å². The first-order valence-electron chi connectivity index (χ1n) is 8.48. The van der Waals surface area contributed by atoms with Crippen molar-refractivity contribution in [2.45, 2.75) is 51.4 Å². The first kappa shape index (κ1) is 14.4. The van der Waals surface area contributed by atoms with Crippen LogP contribution in [0.3, 0.4) is 0 Å². The predicted molar refractivity (Wildman–Crippen MR) is 87.7 cm³/mol. The van der Waals surface area contributed by atoms with Crippen LogP contribution >= 0.6 is 0 Å². The summed E-state index contributed by atoms with van der Waals surface area (Å²) in [5, 5.41) is 3.42. The molecule has 0 spiro atoms. The van der Waals surface area contributed by atoms with Crippen LogP contribution in [0.2, 0.25) is 0 Å². The predicted octanol–water partition coefficient (Wildman–Crippen LogP) is 4.20. The van der Waals surface area contributed by atoms with Gasteiger partial charge in [-0.3, -0.25) is 4.79 Å². The quantitative estimate of drug-likeness (QED) is 0.903. The minimum atomic E-state index is 0.303. The molecule has 1 heterocycles. The molecule has 1 N–H and O–H groups in total. The van der Waals surface area contributed by atoms with E-state index in [0.29, 0.717) is 12.3 Å². The lowest BCUT2D eigenvalue weighted by Gasteiger charge is -2.25. The number of carbonyl (C=O) groups excluding carboxylic acids is 1. The second-order valence-electron chi connectivity index (χ2n) is 6.39. The summed E-state index contributed by atoms with van der Waals surface area (Å²) in [5.41, 5.74) is 2.16. The van der Waals surface area contributed by atoms with E-state index in [1.165, 1.54) is 32.1 Å². The Morgan fingerprint density at radius 3 is 2.81 bits per heavy atom. The van der Waals surface area contributed by atoms with Crippen molar-refractivity contribution in [1.82, 2.24) is 0 Å². The van der Waals surface area contributed by atoms with Crippen LogP contribution in [0.4, 0.5) is 11.4 Å². The Balaban J connectivity index is 1.63. The summed E-state index contributed by atoms with van der Waals surface area (Å²) in [7, 11) is 0. The van der Waals surface area contributed by atoms with Crippen molar-refractivity contribution in [2.75, 3.05) is 23.3 Å². The number of nitrogens with one attached hydrogen (secondary N) is 1. The number of benzene rings is 1. The molecule has 0 saturated heterocycles. The molecule has 0 aromatic heterocycles. The van der Waals surface area contributed by atoms with E-state index in [-0.39, 0.29) is 0 Å². The number of anilines is 2. The molecular formula is C18H26N2O. The molecule has 1 aliphatic heterocycles. The maximum atomic E-state index is 12.7. The smallest absolute Gasteiger partial charge is 0.227 e. The molecule has 114 valence electrons. The minimum Gasteiger partial charge on any atom is -0.383 e. The normalized spacial score (nSPS) is 19.5. The highest BCUT2D eigenvalue weighted by Gasteiger charge is 2.22. The molecule has 3 nitrogen and oxygen atoms in total. The SMILES string of the molecule is O=C(CCC1CCCCC1)N1CCCNc2ccccc21. The standard InChI is InChI=1S/C18H26N2O/c21-18(12-11-15-7-2-1-3-8-15)20-14-6-13-19-16-9-4-5-10-17(16)20/h4-5,9-10,15,19H,1-3,6-8,11-14H2. The first-order valence-corrected chi connectivity index (χ1v) is 8.48. The highest BCUT2D eigenvalue weighted by Crippen LogP contribution is 2.31. The maximum Gasteiger partial charge on any atom is 0.227 e. The molecule has 1 fully saturated rings. The van der Waals surface area contributed by atoms with E-state index in [4.69, 9.17) is 0 Å². The molecule has 1 aromatic rings. The van der Waals surface area contributed by atoms with E-state index in [1.54, 1.807) is 0 Å².